The van der Waals surface area contributed by atoms with Gasteiger partial charge < -0.3 is 9.52 Å². The highest BCUT2D eigenvalue weighted by atomic mass is 35.5. The molecule has 6 nitrogen and oxygen atoms in total. The van der Waals surface area contributed by atoms with E-state index < -0.39 is 17.7 Å². The molecule has 0 unspecified atom stereocenters. The molecule has 1 heterocycles. The lowest BCUT2D eigenvalue weighted by atomic mass is 10.1. The van der Waals surface area contributed by atoms with Crippen molar-refractivity contribution in [3.63, 3.8) is 0 Å². The zero-order valence-electron chi connectivity index (χ0n) is 13.6. The Bertz CT molecular complexity index is 1030. The summed E-state index contributed by atoms with van der Waals surface area (Å²) in [6.45, 7) is 0. The molecular weight excluding hydrogens is 375 g/mol. The van der Waals surface area contributed by atoms with Crippen LogP contribution in [0, 0.1) is 5.82 Å². The summed E-state index contributed by atoms with van der Waals surface area (Å²) in [5.74, 6) is -1.32. The number of furan rings is 1. The normalized spacial score (nSPS) is 10.9. The van der Waals surface area contributed by atoms with Crippen LogP contribution >= 0.6 is 11.6 Å². The van der Waals surface area contributed by atoms with Gasteiger partial charge in [0.25, 0.3) is 5.91 Å². The molecule has 0 radical (unpaired) electrons. The molecule has 3 rings (SSSR count). The van der Waals surface area contributed by atoms with Gasteiger partial charge in [-0.1, -0.05) is 11.6 Å². The lowest BCUT2D eigenvalue weighted by Crippen LogP contribution is -2.17. The molecular formula is C19H12ClFN2O4. The van der Waals surface area contributed by atoms with Gasteiger partial charge in [-0.2, -0.15) is 5.10 Å². The fraction of sp³-hybridized carbons (Fsp3) is 0. The Labute approximate surface area is 157 Å². The van der Waals surface area contributed by atoms with E-state index in [4.69, 9.17) is 21.1 Å². The van der Waals surface area contributed by atoms with Gasteiger partial charge in [-0.3, -0.25) is 4.79 Å². The Morgan fingerprint density at radius 1 is 1.11 bits per heavy atom. The molecule has 0 saturated carbocycles. The van der Waals surface area contributed by atoms with Gasteiger partial charge in [0.2, 0.25) is 0 Å². The third kappa shape index (κ3) is 4.39. The minimum atomic E-state index is -1.14. The Morgan fingerprint density at radius 2 is 1.85 bits per heavy atom. The molecule has 0 fully saturated rings. The molecule has 3 aromatic rings. The molecule has 1 amide bonds. The summed E-state index contributed by atoms with van der Waals surface area (Å²) in [5, 5.41) is 13.0. The predicted octanol–water partition coefficient (Wildman–Crippen LogP) is 4.20. The topological polar surface area (TPSA) is 91.9 Å². The van der Waals surface area contributed by atoms with E-state index in [0.29, 0.717) is 17.1 Å². The molecule has 136 valence electrons. The fourth-order valence-electron chi connectivity index (χ4n) is 2.24. The second-order valence-electron chi connectivity index (χ2n) is 5.41. The van der Waals surface area contributed by atoms with Crippen LogP contribution in [-0.2, 0) is 0 Å². The van der Waals surface area contributed by atoms with Crippen molar-refractivity contribution in [3.05, 3.63) is 82.3 Å². The molecule has 27 heavy (non-hydrogen) atoms. The average molecular weight is 387 g/mol. The van der Waals surface area contributed by atoms with E-state index in [9.17, 15) is 14.0 Å². The smallest absolute Gasteiger partial charge is 0.337 e. The van der Waals surface area contributed by atoms with E-state index in [0.717, 1.165) is 0 Å². The van der Waals surface area contributed by atoms with Crippen molar-refractivity contribution in [3.8, 4) is 11.3 Å². The van der Waals surface area contributed by atoms with E-state index in [-0.39, 0.29) is 16.1 Å². The molecule has 0 spiro atoms. The summed E-state index contributed by atoms with van der Waals surface area (Å²) < 4.78 is 18.4. The van der Waals surface area contributed by atoms with Crippen molar-refractivity contribution in [2.75, 3.05) is 0 Å². The van der Waals surface area contributed by atoms with Crippen LogP contribution in [0.4, 0.5) is 4.39 Å². The minimum absolute atomic E-state index is 0.0349. The SMILES string of the molecule is O=C(N/N=C/c1ccc(-c2ccc(Cl)c(C(=O)O)c2)o1)c1ccc(F)cc1. The van der Waals surface area contributed by atoms with Gasteiger partial charge in [-0.05, 0) is 54.6 Å². The van der Waals surface area contributed by atoms with Gasteiger partial charge in [0.05, 0.1) is 16.8 Å². The Kier molecular flexibility index (Phi) is 5.33. The van der Waals surface area contributed by atoms with Crippen LogP contribution in [0.1, 0.15) is 26.5 Å². The van der Waals surface area contributed by atoms with E-state index in [1.165, 1.54) is 42.6 Å². The van der Waals surface area contributed by atoms with Crippen LogP contribution in [0.25, 0.3) is 11.3 Å². The standard InChI is InChI=1S/C19H12ClFN2O4/c20-16-7-3-12(9-15(16)19(25)26)17-8-6-14(27-17)10-22-23-18(24)11-1-4-13(21)5-2-11/h1-10H,(H,23,24)(H,25,26)/b22-10+. The third-order valence-corrected chi connectivity index (χ3v) is 3.90. The van der Waals surface area contributed by atoms with Gasteiger partial charge in [-0.25, -0.2) is 14.6 Å². The summed E-state index contributed by atoms with van der Waals surface area (Å²) >= 11 is 5.85. The van der Waals surface area contributed by atoms with Crippen LogP contribution in [0.15, 0.2) is 64.1 Å². The van der Waals surface area contributed by atoms with Crippen molar-refractivity contribution in [2.24, 2.45) is 5.10 Å². The molecule has 0 bridgehead atoms. The van der Waals surface area contributed by atoms with Crippen LogP contribution in [0.3, 0.4) is 0 Å². The van der Waals surface area contributed by atoms with Crippen LogP contribution < -0.4 is 5.43 Å². The van der Waals surface area contributed by atoms with E-state index in [2.05, 4.69) is 10.5 Å². The number of nitrogens with zero attached hydrogens (tertiary/aromatic N) is 1. The number of carboxylic acids is 1. The number of aromatic carboxylic acids is 1. The molecule has 0 aliphatic rings. The van der Waals surface area contributed by atoms with E-state index >= 15 is 0 Å². The van der Waals surface area contributed by atoms with E-state index in [1.807, 2.05) is 0 Å². The predicted molar refractivity (Wildman–Crippen MR) is 97.6 cm³/mol. The van der Waals surface area contributed by atoms with Crippen molar-refractivity contribution in [1.82, 2.24) is 5.43 Å². The monoisotopic (exact) mass is 386 g/mol. The first-order chi connectivity index (χ1) is 12.9. The lowest BCUT2D eigenvalue weighted by molar-refractivity contribution is 0.0697. The highest BCUT2D eigenvalue weighted by molar-refractivity contribution is 6.33. The maximum absolute atomic E-state index is 12.8. The van der Waals surface area contributed by atoms with Gasteiger partial charge >= 0.3 is 5.97 Å². The zero-order chi connectivity index (χ0) is 19.4. The molecule has 0 atom stereocenters. The molecule has 0 aliphatic carbocycles. The zero-order valence-corrected chi connectivity index (χ0v) is 14.4. The first-order valence-corrected chi connectivity index (χ1v) is 8.04. The first-order valence-electron chi connectivity index (χ1n) is 7.66. The lowest BCUT2D eigenvalue weighted by Gasteiger charge is -2.02. The number of rotatable bonds is 5. The number of hydrogen-bond acceptors (Lipinski definition) is 4. The number of carboxylic acid groups (broad SMARTS) is 1. The molecule has 2 aromatic carbocycles. The number of carbonyl (C=O) groups is 2. The van der Waals surface area contributed by atoms with Gasteiger partial charge in [0, 0.05) is 11.1 Å². The highest BCUT2D eigenvalue weighted by Gasteiger charge is 2.12. The summed E-state index contributed by atoms with van der Waals surface area (Å²) in [6, 6.07) is 12.8. The molecule has 0 saturated heterocycles. The van der Waals surface area contributed by atoms with Gasteiger partial charge in [-0.15, -0.1) is 0 Å². The minimum Gasteiger partial charge on any atom is -0.478 e. The Morgan fingerprint density at radius 3 is 2.56 bits per heavy atom. The number of hydrazone groups is 1. The summed E-state index contributed by atoms with van der Waals surface area (Å²) in [6.07, 6.45) is 1.29. The number of nitrogens with one attached hydrogen (secondary N) is 1. The second-order valence-corrected chi connectivity index (χ2v) is 5.82. The van der Waals surface area contributed by atoms with Crippen molar-refractivity contribution in [2.45, 2.75) is 0 Å². The highest BCUT2D eigenvalue weighted by Crippen LogP contribution is 2.26. The number of carbonyl (C=O) groups excluding carboxylic acids is 1. The quantitative estimate of drug-likeness (QED) is 0.507. The molecule has 8 heteroatoms. The van der Waals surface area contributed by atoms with E-state index in [1.54, 1.807) is 18.2 Å². The molecule has 2 N–H and O–H groups in total. The number of benzene rings is 2. The van der Waals surface area contributed by atoms with Crippen LogP contribution in [-0.4, -0.2) is 23.2 Å². The fourth-order valence-corrected chi connectivity index (χ4v) is 2.44. The number of halogens is 2. The van der Waals surface area contributed by atoms with Crippen molar-refractivity contribution >= 4 is 29.7 Å². The second kappa shape index (κ2) is 7.84. The first kappa shape index (κ1) is 18.3. The largest absolute Gasteiger partial charge is 0.478 e. The van der Waals surface area contributed by atoms with Crippen molar-refractivity contribution in [1.29, 1.82) is 0 Å². The number of hydrogen-bond donors (Lipinski definition) is 2. The Balaban J connectivity index is 1.70. The molecule has 1 aromatic heterocycles. The van der Waals surface area contributed by atoms with Crippen molar-refractivity contribution < 1.29 is 23.5 Å². The summed E-state index contributed by atoms with van der Waals surface area (Å²) in [5.41, 5.74) is 3.06. The third-order valence-electron chi connectivity index (χ3n) is 3.57. The van der Waals surface area contributed by atoms with Crippen LogP contribution in [0.5, 0.6) is 0 Å². The number of amides is 1. The maximum atomic E-state index is 12.8. The van der Waals surface area contributed by atoms with Crippen LogP contribution in [0.2, 0.25) is 5.02 Å². The summed E-state index contributed by atoms with van der Waals surface area (Å²) in [4.78, 5) is 23.0. The maximum Gasteiger partial charge on any atom is 0.337 e. The Hall–Kier alpha value is -3.45. The summed E-state index contributed by atoms with van der Waals surface area (Å²) in [7, 11) is 0. The average Bonchev–Trinajstić information content (AvgIpc) is 3.11. The van der Waals surface area contributed by atoms with Gasteiger partial charge in [0.1, 0.15) is 17.3 Å². The molecule has 0 aliphatic heterocycles. The van der Waals surface area contributed by atoms with Gasteiger partial charge in [0.15, 0.2) is 0 Å².